The van der Waals surface area contributed by atoms with Crippen molar-refractivity contribution < 1.29 is 14.3 Å². The molecule has 8 heteroatoms. The summed E-state index contributed by atoms with van der Waals surface area (Å²) in [6.45, 7) is 2.03. The summed E-state index contributed by atoms with van der Waals surface area (Å²) in [5.74, 6) is 0.299. The zero-order valence-corrected chi connectivity index (χ0v) is 20.5. The number of carbonyl (C=O) groups is 1. The number of nitrogens with one attached hydrogen (secondary N) is 1. The first kappa shape index (κ1) is 22.3. The fraction of sp³-hybridized carbons (Fsp3) is 0.115. The smallest absolute Gasteiger partial charge is 0.335 e. The number of benzene rings is 2. The van der Waals surface area contributed by atoms with Gasteiger partial charge in [0.2, 0.25) is 0 Å². The molecule has 2 N–H and O–H groups in total. The van der Waals surface area contributed by atoms with Crippen LogP contribution in [0.1, 0.15) is 39.5 Å². The Morgan fingerprint density at radius 2 is 1.97 bits per heavy atom. The lowest BCUT2D eigenvalue weighted by molar-refractivity contribution is 0.0697. The van der Waals surface area contributed by atoms with Gasteiger partial charge in [0.1, 0.15) is 17.6 Å². The summed E-state index contributed by atoms with van der Waals surface area (Å²) in [7, 11) is 0. The molecule has 6 nitrogen and oxygen atoms in total. The SMILES string of the molecule is Cc1cc(N2C(=S)N[C@H](c3ccccn3)[C@@H]2c2ccc(-c3cccc(C(=O)O)c3)o2)ccc1Br. The Balaban J connectivity index is 1.60. The van der Waals surface area contributed by atoms with Crippen molar-refractivity contribution in [1.29, 1.82) is 0 Å². The zero-order chi connectivity index (χ0) is 23.8. The van der Waals surface area contributed by atoms with E-state index in [0.29, 0.717) is 22.2 Å². The highest BCUT2D eigenvalue weighted by Gasteiger charge is 2.42. The molecule has 2 aromatic carbocycles. The maximum absolute atomic E-state index is 11.4. The number of halogens is 1. The molecule has 1 aliphatic heterocycles. The second kappa shape index (κ2) is 9.04. The summed E-state index contributed by atoms with van der Waals surface area (Å²) in [6.07, 6.45) is 1.76. The summed E-state index contributed by atoms with van der Waals surface area (Å²) >= 11 is 9.34. The number of hydrogen-bond acceptors (Lipinski definition) is 4. The first-order chi connectivity index (χ1) is 16.4. The van der Waals surface area contributed by atoms with Gasteiger partial charge in [0.15, 0.2) is 5.11 Å². The summed E-state index contributed by atoms with van der Waals surface area (Å²) in [4.78, 5) is 18.0. The molecule has 2 aromatic heterocycles. The lowest BCUT2D eigenvalue weighted by Gasteiger charge is -2.26. The van der Waals surface area contributed by atoms with Crippen LogP contribution in [-0.2, 0) is 0 Å². The molecule has 170 valence electrons. The number of rotatable bonds is 5. The third-order valence-corrected chi connectivity index (χ3v) is 7.03. The molecule has 3 heterocycles. The third-order valence-electron chi connectivity index (χ3n) is 5.83. The van der Waals surface area contributed by atoms with Crippen LogP contribution in [0.4, 0.5) is 5.69 Å². The molecule has 0 amide bonds. The van der Waals surface area contributed by atoms with Gasteiger partial charge >= 0.3 is 5.97 Å². The Hall–Kier alpha value is -3.49. The van der Waals surface area contributed by atoms with Gasteiger partial charge in [-0.1, -0.05) is 34.1 Å². The molecule has 2 atom stereocenters. The van der Waals surface area contributed by atoms with Crippen molar-refractivity contribution in [2.75, 3.05) is 4.90 Å². The molecule has 1 fully saturated rings. The Labute approximate surface area is 210 Å². The second-order valence-electron chi connectivity index (χ2n) is 8.02. The van der Waals surface area contributed by atoms with Crippen molar-refractivity contribution in [3.05, 3.63) is 106 Å². The molecule has 1 aliphatic rings. The van der Waals surface area contributed by atoms with Gasteiger partial charge < -0.3 is 19.7 Å². The number of carboxylic acids is 1. The number of hydrogen-bond donors (Lipinski definition) is 2. The third kappa shape index (κ3) is 4.10. The Bertz CT molecular complexity index is 1390. The van der Waals surface area contributed by atoms with Gasteiger partial charge in [0.05, 0.1) is 17.3 Å². The van der Waals surface area contributed by atoms with E-state index < -0.39 is 5.97 Å². The van der Waals surface area contributed by atoms with Crippen LogP contribution in [0, 0.1) is 6.92 Å². The van der Waals surface area contributed by atoms with E-state index in [1.165, 1.54) is 0 Å². The van der Waals surface area contributed by atoms with E-state index in [4.69, 9.17) is 16.6 Å². The molecule has 0 radical (unpaired) electrons. The fourth-order valence-corrected chi connectivity index (χ4v) is 4.77. The Morgan fingerprint density at radius 1 is 1.12 bits per heavy atom. The summed E-state index contributed by atoms with van der Waals surface area (Å²) in [5.41, 5.74) is 3.77. The normalized spacial score (nSPS) is 17.6. The van der Waals surface area contributed by atoms with E-state index in [9.17, 15) is 9.90 Å². The highest BCUT2D eigenvalue weighted by molar-refractivity contribution is 9.10. The molecule has 0 saturated carbocycles. The van der Waals surface area contributed by atoms with E-state index in [-0.39, 0.29) is 17.6 Å². The van der Waals surface area contributed by atoms with Crippen molar-refractivity contribution in [1.82, 2.24) is 10.3 Å². The van der Waals surface area contributed by atoms with Crippen molar-refractivity contribution in [3.63, 3.8) is 0 Å². The van der Waals surface area contributed by atoms with Crippen LogP contribution in [0.5, 0.6) is 0 Å². The molecule has 1 saturated heterocycles. The van der Waals surface area contributed by atoms with Gasteiger partial charge in [-0.3, -0.25) is 4.98 Å². The van der Waals surface area contributed by atoms with Crippen LogP contribution in [0.15, 0.2) is 87.9 Å². The van der Waals surface area contributed by atoms with Gasteiger partial charge in [0.25, 0.3) is 0 Å². The quantitative estimate of drug-likeness (QED) is 0.292. The van der Waals surface area contributed by atoms with Crippen molar-refractivity contribution in [3.8, 4) is 11.3 Å². The van der Waals surface area contributed by atoms with E-state index in [1.807, 2.05) is 60.4 Å². The number of aromatic nitrogens is 1. The number of nitrogens with zero attached hydrogens (tertiary/aromatic N) is 2. The van der Waals surface area contributed by atoms with Crippen LogP contribution in [0.25, 0.3) is 11.3 Å². The number of anilines is 1. The average molecular weight is 534 g/mol. The molecule has 0 spiro atoms. The average Bonchev–Trinajstić information content (AvgIpc) is 3.46. The van der Waals surface area contributed by atoms with E-state index in [0.717, 1.165) is 21.4 Å². The highest BCUT2D eigenvalue weighted by Crippen LogP contribution is 2.43. The standard InChI is InChI=1S/C26H20BrN3O3S/c1-15-13-18(8-9-19(15)27)30-24(23(29-26(30)34)20-7-2-3-12-28-20)22-11-10-21(33-22)16-5-4-6-17(14-16)25(31)32/h2-14,23-24H,1H3,(H,29,34)(H,31,32)/t23-,24+/m1/s1. The summed E-state index contributed by atoms with van der Waals surface area (Å²) in [6, 6.07) is 21.8. The number of carboxylic acid groups (broad SMARTS) is 1. The van der Waals surface area contributed by atoms with Gasteiger partial charge in [0, 0.05) is 21.9 Å². The highest BCUT2D eigenvalue weighted by atomic mass is 79.9. The number of pyridine rings is 1. The Kier molecular flexibility index (Phi) is 5.93. The first-order valence-corrected chi connectivity index (χ1v) is 11.8. The van der Waals surface area contributed by atoms with Gasteiger partial charge in [-0.15, -0.1) is 0 Å². The maximum Gasteiger partial charge on any atom is 0.335 e. The molecule has 0 unspecified atom stereocenters. The Morgan fingerprint density at radius 3 is 2.71 bits per heavy atom. The molecule has 0 bridgehead atoms. The van der Waals surface area contributed by atoms with Crippen molar-refractivity contribution >= 4 is 44.9 Å². The second-order valence-corrected chi connectivity index (χ2v) is 9.26. The predicted octanol–water partition coefficient (Wildman–Crippen LogP) is 6.29. The number of thiocarbonyl (C=S) groups is 1. The lowest BCUT2D eigenvalue weighted by atomic mass is 10.0. The van der Waals surface area contributed by atoms with Gasteiger partial charge in [-0.2, -0.15) is 0 Å². The van der Waals surface area contributed by atoms with Crippen LogP contribution in [-0.4, -0.2) is 21.2 Å². The number of aryl methyl sites for hydroxylation is 1. The first-order valence-electron chi connectivity index (χ1n) is 10.6. The van der Waals surface area contributed by atoms with Crippen molar-refractivity contribution in [2.45, 2.75) is 19.0 Å². The molecule has 0 aliphatic carbocycles. The van der Waals surface area contributed by atoms with Crippen LogP contribution >= 0.6 is 28.1 Å². The minimum Gasteiger partial charge on any atom is -0.478 e. The number of furan rings is 1. The molecule has 4 aromatic rings. The molecular weight excluding hydrogens is 514 g/mol. The van der Waals surface area contributed by atoms with Crippen LogP contribution in [0.2, 0.25) is 0 Å². The minimum absolute atomic E-state index is 0.206. The van der Waals surface area contributed by atoms with Gasteiger partial charge in [-0.25, -0.2) is 4.79 Å². The zero-order valence-electron chi connectivity index (χ0n) is 18.1. The monoisotopic (exact) mass is 533 g/mol. The lowest BCUT2D eigenvalue weighted by Crippen LogP contribution is -2.29. The summed E-state index contributed by atoms with van der Waals surface area (Å²) in [5, 5.41) is 13.4. The van der Waals surface area contributed by atoms with Crippen LogP contribution < -0.4 is 10.2 Å². The molecule has 5 rings (SSSR count). The topological polar surface area (TPSA) is 78.6 Å². The van der Waals surface area contributed by atoms with Gasteiger partial charge in [-0.05, 0) is 79.3 Å². The fourth-order valence-electron chi connectivity index (χ4n) is 4.17. The van der Waals surface area contributed by atoms with Crippen LogP contribution in [0.3, 0.4) is 0 Å². The largest absolute Gasteiger partial charge is 0.478 e. The maximum atomic E-state index is 11.4. The summed E-state index contributed by atoms with van der Waals surface area (Å²) < 4.78 is 7.34. The van der Waals surface area contributed by atoms with E-state index >= 15 is 0 Å². The van der Waals surface area contributed by atoms with Crippen molar-refractivity contribution in [2.24, 2.45) is 0 Å². The predicted molar refractivity (Wildman–Crippen MR) is 138 cm³/mol. The number of aromatic carboxylic acids is 1. The van der Waals surface area contributed by atoms with E-state index in [1.54, 1.807) is 24.4 Å². The van der Waals surface area contributed by atoms with E-state index in [2.05, 4.69) is 32.3 Å². The molecular formula is C26H20BrN3O3S. The minimum atomic E-state index is -0.981. The molecule has 34 heavy (non-hydrogen) atoms.